The van der Waals surface area contributed by atoms with E-state index in [2.05, 4.69) is 43.4 Å². The molecule has 0 bridgehead atoms. The predicted molar refractivity (Wildman–Crippen MR) is 71.3 cm³/mol. The van der Waals surface area contributed by atoms with Crippen molar-refractivity contribution in [2.45, 2.75) is 38.8 Å². The molecule has 0 spiro atoms. The minimum absolute atomic E-state index is 0.142. The Hall–Kier alpha value is -1.35. The maximum atomic E-state index is 11.7. The van der Waals surface area contributed by atoms with Gasteiger partial charge in [-0.1, -0.05) is 29.8 Å². The second-order valence-corrected chi connectivity index (χ2v) is 5.14. The van der Waals surface area contributed by atoms with Gasteiger partial charge in [0.15, 0.2) is 0 Å². The zero-order valence-electron chi connectivity index (χ0n) is 11.3. The highest BCUT2D eigenvalue weighted by atomic mass is 16.5. The molecule has 1 N–H and O–H groups in total. The summed E-state index contributed by atoms with van der Waals surface area (Å²) in [4.78, 5) is 11.7. The van der Waals surface area contributed by atoms with Crippen LogP contribution in [-0.4, -0.2) is 19.1 Å². The number of nitrogens with one attached hydrogen (secondary N) is 1. The molecule has 3 heteroatoms. The topological polar surface area (TPSA) is 38.3 Å². The van der Waals surface area contributed by atoms with Crippen LogP contribution in [0.5, 0.6) is 0 Å². The van der Waals surface area contributed by atoms with Gasteiger partial charge in [-0.15, -0.1) is 0 Å². The molecular weight excluding hydrogens is 226 g/mol. The Morgan fingerprint density at radius 3 is 2.44 bits per heavy atom. The summed E-state index contributed by atoms with van der Waals surface area (Å²) in [6.45, 7) is 4.16. The molecule has 1 aliphatic rings. The molecule has 1 aromatic carbocycles. The van der Waals surface area contributed by atoms with Crippen molar-refractivity contribution in [3.05, 3.63) is 35.4 Å². The van der Waals surface area contributed by atoms with Crippen LogP contribution in [0.15, 0.2) is 24.3 Å². The molecule has 1 unspecified atom stereocenters. The first-order chi connectivity index (χ1) is 8.61. The summed E-state index contributed by atoms with van der Waals surface area (Å²) in [6, 6.07) is 8.40. The average molecular weight is 247 g/mol. The van der Waals surface area contributed by atoms with E-state index in [4.69, 9.17) is 4.74 Å². The van der Waals surface area contributed by atoms with Crippen LogP contribution < -0.4 is 5.32 Å². The Labute approximate surface area is 109 Å². The molecule has 18 heavy (non-hydrogen) atoms. The molecule has 2 rings (SSSR count). The highest BCUT2D eigenvalue weighted by molar-refractivity contribution is 5.76. The highest BCUT2D eigenvalue weighted by Crippen LogP contribution is 2.34. The fraction of sp³-hybridized carbons (Fsp3) is 0.533. The standard InChI is InChI=1S/C15H21NO2/c1-10-4-6-12(7-5-10)11(2)16-14(13-8-9-13)15(17)18-3/h4-7,11,13-14,16H,8-9H2,1-3H3/t11-,14?/m1/s1. The average Bonchev–Trinajstić information content (AvgIpc) is 3.20. The quantitative estimate of drug-likeness (QED) is 0.813. The molecule has 0 aliphatic heterocycles. The number of aryl methyl sites for hydroxylation is 1. The van der Waals surface area contributed by atoms with E-state index in [0.29, 0.717) is 5.92 Å². The van der Waals surface area contributed by atoms with Gasteiger partial charge in [0.05, 0.1) is 7.11 Å². The number of carbonyl (C=O) groups is 1. The number of ether oxygens (including phenoxy) is 1. The first kappa shape index (κ1) is 13.1. The zero-order valence-corrected chi connectivity index (χ0v) is 11.3. The lowest BCUT2D eigenvalue weighted by Crippen LogP contribution is -2.40. The van der Waals surface area contributed by atoms with E-state index in [0.717, 1.165) is 12.8 Å². The van der Waals surface area contributed by atoms with Gasteiger partial charge in [0.25, 0.3) is 0 Å². The number of hydrogen-bond acceptors (Lipinski definition) is 3. The minimum Gasteiger partial charge on any atom is -0.468 e. The third-order valence-electron chi connectivity index (χ3n) is 3.56. The number of benzene rings is 1. The minimum atomic E-state index is -0.161. The van der Waals surface area contributed by atoms with Crippen molar-refractivity contribution >= 4 is 5.97 Å². The van der Waals surface area contributed by atoms with E-state index in [1.54, 1.807) is 0 Å². The number of esters is 1. The van der Waals surface area contributed by atoms with E-state index in [1.165, 1.54) is 18.2 Å². The number of carbonyl (C=O) groups excluding carboxylic acids is 1. The van der Waals surface area contributed by atoms with Crippen LogP contribution in [0, 0.1) is 12.8 Å². The van der Waals surface area contributed by atoms with Gasteiger partial charge in [0.1, 0.15) is 6.04 Å². The highest BCUT2D eigenvalue weighted by Gasteiger charge is 2.37. The van der Waals surface area contributed by atoms with Crippen molar-refractivity contribution in [1.82, 2.24) is 5.32 Å². The summed E-state index contributed by atoms with van der Waals surface area (Å²) >= 11 is 0. The van der Waals surface area contributed by atoms with Crippen LogP contribution in [0.25, 0.3) is 0 Å². The van der Waals surface area contributed by atoms with Gasteiger partial charge < -0.3 is 4.74 Å². The fourth-order valence-corrected chi connectivity index (χ4v) is 2.17. The summed E-state index contributed by atoms with van der Waals surface area (Å²) < 4.78 is 4.87. The summed E-state index contributed by atoms with van der Waals surface area (Å²) in [7, 11) is 1.45. The predicted octanol–water partition coefficient (Wildman–Crippen LogP) is 2.60. The normalized spacial score (nSPS) is 18.2. The van der Waals surface area contributed by atoms with Crippen molar-refractivity contribution in [2.24, 2.45) is 5.92 Å². The fourth-order valence-electron chi connectivity index (χ4n) is 2.17. The van der Waals surface area contributed by atoms with E-state index in [-0.39, 0.29) is 18.1 Å². The maximum Gasteiger partial charge on any atom is 0.323 e. The lowest BCUT2D eigenvalue weighted by molar-refractivity contribution is -0.144. The summed E-state index contributed by atoms with van der Waals surface area (Å²) in [5, 5.41) is 3.39. The molecule has 1 saturated carbocycles. The molecule has 98 valence electrons. The van der Waals surface area contributed by atoms with Crippen LogP contribution in [0.4, 0.5) is 0 Å². The van der Waals surface area contributed by atoms with Crippen molar-refractivity contribution in [2.75, 3.05) is 7.11 Å². The van der Waals surface area contributed by atoms with Crippen LogP contribution in [0.2, 0.25) is 0 Å². The van der Waals surface area contributed by atoms with E-state index in [1.807, 2.05) is 0 Å². The van der Waals surface area contributed by atoms with Crippen LogP contribution in [0.3, 0.4) is 0 Å². The largest absolute Gasteiger partial charge is 0.468 e. The Kier molecular flexibility index (Phi) is 4.02. The van der Waals surface area contributed by atoms with Gasteiger partial charge >= 0.3 is 5.97 Å². The van der Waals surface area contributed by atoms with Crippen molar-refractivity contribution in [3.8, 4) is 0 Å². The van der Waals surface area contributed by atoms with E-state index >= 15 is 0 Å². The lowest BCUT2D eigenvalue weighted by Gasteiger charge is -2.21. The molecule has 0 heterocycles. The third-order valence-corrected chi connectivity index (χ3v) is 3.56. The molecule has 2 atom stereocenters. The molecule has 0 aromatic heterocycles. The Morgan fingerprint density at radius 2 is 1.94 bits per heavy atom. The van der Waals surface area contributed by atoms with Crippen molar-refractivity contribution in [3.63, 3.8) is 0 Å². The second kappa shape index (κ2) is 5.53. The number of rotatable bonds is 5. The Balaban J connectivity index is 2.02. The maximum absolute atomic E-state index is 11.7. The zero-order chi connectivity index (χ0) is 13.1. The van der Waals surface area contributed by atoms with Crippen molar-refractivity contribution < 1.29 is 9.53 Å². The van der Waals surface area contributed by atoms with Crippen LogP contribution in [-0.2, 0) is 9.53 Å². The molecule has 1 aliphatic carbocycles. The molecular formula is C15H21NO2. The Bertz CT molecular complexity index is 409. The SMILES string of the molecule is COC(=O)C(N[C@H](C)c1ccc(C)cc1)C1CC1. The molecule has 1 fully saturated rings. The van der Waals surface area contributed by atoms with E-state index < -0.39 is 0 Å². The second-order valence-electron chi connectivity index (χ2n) is 5.14. The third kappa shape index (κ3) is 3.10. The smallest absolute Gasteiger partial charge is 0.323 e. The Morgan fingerprint density at radius 1 is 1.33 bits per heavy atom. The monoisotopic (exact) mass is 247 g/mol. The molecule has 3 nitrogen and oxygen atoms in total. The molecule has 0 radical (unpaired) electrons. The van der Waals surface area contributed by atoms with Gasteiger partial charge in [0, 0.05) is 6.04 Å². The summed E-state index contributed by atoms with van der Waals surface area (Å²) in [5.41, 5.74) is 2.45. The first-order valence-electron chi connectivity index (χ1n) is 6.52. The summed E-state index contributed by atoms with van der Waals surface area (Å²) in [6.07, 6.45) is 2.24. The number of methoxy groups -OCH3 is 1. The van der Waals surface area contributed by atoms with Gasteiger partial charge in [-0.2, -0.15) is 0 Å². The van der Waals surface area contributed by atoms with Gasteiger partial charge in [0.2, 0.25) is 0 Å². The van der Waals surface area contributed by atoms with Crippen LogP contribution >= 0.6 is 0 Å². The van der Waals surface area contributed by atoms with Gasteiger partial charge in [-0.3, -0.25) is 10.1 Å². The van der Waals surface area contributed by atoms with Gasteiger partial charge in [-0.05, 0) is 38.2 Å². The number of hydrogen-bond donors (Lipinski definition) is 1. The lowest BCUT2D eigenvalue weighted by atomic mass is 10.0. The summed E-state index contributed by atoms with van der Waals surface area (Å²) in [5.74, 6) is 0.307. The molecule has 0 saturated heterocycles. The van der Waals surface area contributed by atoms with Gasteiger partial charge in [-0.25, -0.2) is 0 Å². The first-order valence-corrected chi connectivity index (χ1v) is 6.52. The molecule has 1 aromatic rings. The van der Waals surface area contributed by atoms with Crippen LogP contribution in [0.1, 0.15) is 36.9 Å². The van der Waals surface area contributed by atoms with E-state index in [9.17, 15) is 4.79 Å². The molecule has 0 amide bonds. The van der Waals surface area contributed by atoms with Crippen molar-refractivity contribution in [1.29, 1.82) is 0 Å².